The zero-order valence-electron chi connectivity index (χ0n) is 13.7. The molecule has 1 aromatic carbocycles. The Balaban J connectivity index is 1.77. The molecule has 122 valence electrons. The molecule has 1 amide bonds. The number of thioether (sulfide) groups is 1. The quantitative estimate of drug-likeness (QED) is 0.637. The highest BCUT2D eigenvalue weighted by atomic mass is 32.2. The maximum atomic E-state index is 12.4. The van der Waals surface area contributed by atoms with Gasteiger partial charge in [-0.2, -0.15) is 0 Å². The molecule has 0 aliphatic carbocycles. The number of hydrogen-bond acceptors (Lipinski definition) is 4. The molecule has 2 aromatic rings. The van der Waals surface area contributed by atoms with Gasteiger partial charge in [0.25, 0.3) is 11.7 Å². The van der Waals surface area contributed by atoms with Gasteiger partial charge in [0.15, 0.2) is 5.16 Å². The maximum absolute atomic E-state index is 12.4. The van der Waals surface area contributed by atoms with E-state index in [4.69, 9.17) is 0 Å². The Hall–Kier alpha value is -2.34. The second kappa shape index (κ2) is 5.08. The molecule has 0 fully saturated rings. The fraction of sp³-hybridized carbons (Fsp3) is 0.278. The molecular formula is C18H17N3O2S. The van der Waals surface area contributed by atoms with Crippen molar-refractivity contribution >= 4 is 34.7 Å². The average Bonchev–Trinajstić information content (AvgIpc) is 3.06. The molecule has 0 atom stereocenters. The summed E-state index contributed by atoms with van der Waals surface area (Å²) in [6.07, 6.45) is 5.78. The minimum absolute atomic E-state index is 0.411. The molecule has 6 heteroatoms. The number of aryl methyl sites for hydroxylation is 1. The molecule has 0 N–H and O–H groups in total. The van der Waals surface area contributed by atoms with E-state index in [9.17, 15) is 9.59 Å². The van der Waals surface area contributed by atoms with Gasteiger partial charge in [-0.1, -0.05) is 30.0 Å². The van der Waals surface area contributed by atoms with Crippen LogP contribution in [-0.4, -0.2) is 32.5 Å². The van der Waals surface area contributed by atoms with Crippen molar-refractivity contribution in [2.24, 2.45) is 7.05 Å². The Labute approximate surface area is 144 Å². The van der Waals surface area contributed by atoms with Gasteiger partial charge in [-0.3, -0.25) is 14.5 Å². The highest BCUT2D eigenvalue weighted by molar-refractivity contribution is 7.99. The highest BCUT2D eigenvalue weighted by Gasteiger charge is 2.46. The summed E-state index contributed by atoms with van der Waals surface area (Å²) in [5.74, 6) is -0.109. The summed E-state index contributed by atoms with van der Waals surface area (Å²) >= 11 is 1.65. The van der Waals surface area contributed by atoms with E-state index in [0.29, 0.717) is 5.56 Å². The molecule has 0 unspecified atom stereocenters. The van der Waals surface area contributed by atoms with E-state index in [1.807, 2.05) is 43.8 Å². The number of carbonyl (C=O) groups is 2. The standard InChI is InChI=1S/C18H17N3O2S/c1-18(2)9-11(10-24-17-19-7-8-20(17)3)12-5-4-6-13-14(12)21(18)16(23)15(13)22/h4-9H,10H2,1-3H3. The summed E-state index contributed by atoms with van der Waals surface area (Å²) in [6, 6.07) is 5.57. The topological polar surface area (TPSA) is 55.2 Å². The van der Waals surface area contributed by atoms with Crippen LogP contribution in [0.1, 0.15) is 29.8 Å². The molecule has 4 rings (SSSR count). The number of hydrogen-bond donors (Lipinski definition) is 0. The van der Waals surface area contributed by atoms with Crippen LogP contribution in [0.5, 0.6) is 0 Å². The van der Waals surface area contributed by atoms with Crippen LogP contribution in [0.15, 0.2) is 41.8 Å². The Morgan fingerprint density at radius 1 is 1.21 bits per heavy atom. The Morgan fingerprint density at radius 3 is 2.67 bits per heavy atom. The molecule has 0 saturated carbocycles. The van der Waals surface area contributed by atoms with Crippen LogP contribution in [0.3, 0.4) is 0 Å². The van der Waals surface area contributed by atoms with Gasteiger partial charge in [0, 0.05) is 30.8 Å². The van der Waals surface area contributed by atoms with Gasteiger partial charge in [0.2, 0.25) is 0 Å². The Morgan fingerprint density at radius 2 is 1.96 bits per heavy atom. The van der Waals surface area contributed by atoms with Crippen LogP contribution in [0.25, 0.3) is 5.57 Å². The molecule has 2 aliphatic heterocycles. The van der Waals surface area contributed by atoms with Crippen molar-refractivity contribution in [3.05, 3.63) is 47.8 Å². The number of rotatable bonds is 3. The van der Waals surface area contributed by atoms with Crippen molar-refractivity contribution in [1.82, 2.24) is 9.55 Å². The smallest absolute Gasteiger partial charge is 0.300 e. The lowest BCUT2D eigenvalue weighted by molar-refractivity contribution is -0.115. The van der Waals surface area contributed by atoms with Crippen molar-refractivity contribution in [1.29, 1.82) is 0 Å². The third-order valence-electron chi connectivity index (χ3n) is 4.49. The second-order valence-electron chi connectivity index (χ2n) is 6.60. The lowest BCUT2D eigenvalue weighted by Crippen LogP contribution is -2.47. The molecule has 5 nitrogen and oxygen atoms in total. The van der Waals surface area contributed by atoms with Gasteiger partial charge in [0.05, 0.1) is 16.8 Å². The van der Waals surface area contributed by atoms with E-state index in [0.717, 1.165) is 27.7 Å². The van der Waals surface area contributed by atoms with E-state index in [2.05, 4.69) is 11.1 Å². The summed E-state index contributed by atoms with van der Waals surface area (Å²) in [4.78, 5) is 30.7. The van der Waals surface area contributed by atoms with E-state index >= 15 is 0 Å². The number of imidazole rings is 1. The summed E-state index contributed by atoms with van der Waals surface area (Å²) in [6.45, 7) is 3.93. The van der Waals surface area contributed by atoms with E-state index < -0.39 is 17.2 Å². The SMILES string of the molecule is Cn1ccnc1SCC1=CC(C)(C)N2C(=O)C(=O)c3cccc1c32. The highest BCUT2D eigenvalue weighted by Crippen LogP contribution is 2.46. The first kappa shape index (κ1) is 15.2. The van der Waals surface area contributed by atoms with Gasteiger partial charge < -0.3 is 4.57 Å². The van der Waals surface area contributed by atoms with Crippen molar-refractivity contribution in [2.75, 3.05) is 10.7 Å². The van der Waals surface area contributed by atoms with E-state index in [-0.39, 0.29) is 0 Å². The molecule has 0 spiro atoms. The Bertz CT molecular complexity index is 911. The molecule has 2 aliphatic rings. The first-order valence-corrected chi connectivity index (χ1v) is 8.73. The Kier molecular flexibility index (Phi) is 3.22. The van der Waals surface area contributed by atoms with Crippen LogP contribution in [-0.2, 0) is 11.8 Å². The van der Waals surface area contributed by atoms with Crippen molar-refractivity contribution in [3.8, 4) is 0 Å². The van der Waals surface area contributed by atoms with Crippen molar-refractivity contribution in [3.63, 3.8) is 0 Å². The van der Waals surface area contributed by atoms with Gasteiger partial charge in [0.1, 0.15) is 0 Å². The molecule has 24 heavy (non-hydrogen) atoms. The zero-order valence-corrected chi connectivity index (χ0v) is 14.6. The first-order chi connectivity index (χ1) is 11.4. The average molecular weight is 339 g/mol. The lowest BCUT2D eigenvalue weighted by atomic mass is 9.89. The monoisotopic (exact) mass is 339 g/mol. The minimum Gasteiger partial charge on any atom is -0.329 e. The predicted octanol–water partition coefficient (Wildman–Crippen LogP) is 2.92. The predicted molar refractivity (Wildman–Crippen MR) is 94.2 cm³/mol. The third-order valence-corrected chi connectivity index (χ3v) is 5.59. The normalized spacial score (nSPS) is 18.0. The van der Waals surface area contributed by atoms with Crippen LogP contribution in [0.4, 0.5) is 5.69 Å². The fourth-order valence-corrected chi connectivity index (χ4v) is 4.34. The summed E-state index contributed by atoms with van der Waals surface area (Å²) in [7, 11) is 1.97. The molecule has 0 radical (unpaired) electrons. The largest absolute Gasteiger partial charge is 0.329 e. The minimum atomic E-state index is -0.524. The van der Waals surface area contributed by atoms with E-state index in [1.54, 1.807) is 28.9 Å². The van der Waals surface area contributed by atoms with Crippen LogP contribution in [0, 0.1) is 0 Å². The van der Waals surface area contributed by atoms with Crippen LogP contribution < -0.4 is 4.90 Å². The number of benzene rings is 1. The molecular weight excluding hydrogens is 322 g/mol. The lowest BCUT2D eigenvalue weighted by Gasteiger charge is -2.38. The number of para-hydroxylation sites is 1. The molecule has 0 bridgehead atoms. The fourth-order valence-electron chi connectivity index (χ4n) is 3.42. The summed E-state index contributed by atoms with van der Waals surface area (Å²) in [5.41, 5.74) is 2.84. The van der Waals surface area contributed by atoms with E-state index in [1.165, 1.54) is 0 Å². The first-order valence-electron chi connectivity index (χ1n) is 7.74. The van der Waals surface area contributed by atoms with Crippen molar-refractivity contribution in [2.45, 2.75) is 24.5 Å². The van der Waals surface area contributed by atoms with Gasteiger partial charge in [-0.25, -0.2) is 4.98 Å². The van der Waals surface area contributed by atoms with Gasteiger partial charge in [-0.15, -0.1) is 0 Å². The molecule has 0 saturated heterocycles. The number of aromatic nitrogens is 2. The number of Topliss-reactive ketones (excluding diaryl/α,β-unsaturated/α-hetero) is 1. The van der Waals surface area contributed by atoms with Gasteiger partial charge in [-0.05, 0) is 25.5 Å². The van der Waals surface area contributed by atoms with Crippen LogP contribution in [0.2, 0.25) is 0 Å². The second-order valence-corrected chi connectivity index (χ2v) is 7.55. The summed E-state index contributed by atoms with van der Waals surface area (Å²) in [5, 5.41) is 0.941. The molecule has 1 aromatic heterocycles. The number of amides is 1. The van der Waals surface area contributed by atoms with Crippen LogP contribution >= 0.6 is 11.8 Å². The number of carbonyl (C=O) groups excluding carboxylic acids is 2. The third kappa shape index (κ3) is 2.06. The zero-order chi connectivity index (χ0) is 17.1. The maximum Gasteiger partial charge on any atom is 0.300 e. The number of ketones is 1. The molecule has 3 heterocycles. The summed E-state index contributed by atoms with van der Waals surface area (Å²) < 4.78 is 1.98. The van der Waals surface area contributed by atoms with Gasteiger partial charge >= 0.3 is 0 Å². The number of anilines is 1. The van der Waals surface area contributed by atoms with Crippen molar-refractivity contribution < 1.29 is 9.59 Å². The number of nitrogens with zero attached hydrogens (tertiary/aromatic N) is 3.